The molecule has 272 valence electrons. The van der Waals surface area contributed by atoms with Gasteiger partial charge in [-0.1, -0.05) is 18.5 Å². The monoisotopic (exact) mass is 757 g/mol. The summed E-state index contributed by atoms with van der Waals surface area (Å²) in [4.78, 5) is 57.3. The third-order valence-corrected chi connectivity index (χ3v) is 9.82. The van der Waals surface area contributed by atoms with Gasteiger partial charge in [0, 0.05) is 31.7 Å². The number of aryl methyl sites for hydroxylation is 1. The van der Waals surface area contributed by atoms with Crippen LogP contribution in [-0.4, -0.2) is 87.9 Å². The normalized spacial score (nSPS) is 14.2. The van der Waals surface area contributed by atoms with Gasteiger partial charge in [-0.25, -0.2) is 9.97 Å². The van der Waals surface area contributed by atoms with Crippen molar-refractivity contribution in [2.45, 2.75) is 37.9 Å². The van der Waals surface area contributed by atoms with Crippen LogP contribution in [0.1, 0.15) is 34.4 Å². The van der Waals surface area contributed by atoms with Gasteiger partial charge in [-0.3, -0.25) is 14.4 Å². The Morgan fingerprint density at radius 1 is 1.08 bits per heavy atom. The molecule has 19 heteroatoms. The van der Waals surface area contributed by atoms with E-state index in [0.717, 1.165) is 16.6 Å². The maximum absolute atomic E-state index is 14.2. The number of amides is 2. The van der Waals surface area contributed by atoms with Crippen LogP contribution in [0.4, 0.5) is 24.5 Å². The van der Waals surface area contributed by atoms with Gasteiger partial charge < -0.3 is 29.3 Å². The number of hydrogen-bond acceptors (Lipinski definition) is 10. The summed E-state index contributed by atoms with van der Waals surface area (Å²) in [5, 5.41) is 17.1. The Hall–Kier alpha value is -5.20. The molecular formula is C33H31ClF3N9O5S. The Kier molecular flexibility index (Phi) is 10.2. The topological polar surface area (TPSA) is 174 Å². The molecule has 1 aliphatic heterocycles. The molecular weight excluding hydrogens is 727 g/mol. The SMILES string of the molecule is CCc1c(N2CCN(C(=O)c3ncnc(C)c3O)CC2)c(=O)n2nc(-c3ccc([S@@+](C)[O-])cc3)nc2n1CC(=O)Nc1ccc(C(F)(F)F)cc1Cl. The molecule has 1 atom stereocenters. The van der Waals surface area contributed by atoms with E-state index in [0.29, 0.717) is 22.2 Å². The molecule has 52 heavy (non-hydrogen) atoms. The maximum atomic E-state index is 14.2. The number of nitrogens with zero attached hydrogens (tertiary/aromatic N) is 8. The Bertz CT molecular complexity index is 2240. The fourth-order valence-electron chi connectivity index (χ4n) is 5.88. The van der Waals surface area contributed by atoms with Crippen LogP contribution in [0.2, 0.25) is 5.02 Å². The lowest BCUT2D eigenvalue weighted by atomic mass is 10.2. The van der Waals surface area contributed by atoms with E-state index in [1.807, 2.05) is 0 Å². The van der Waals surface area contributed by atoms with Gasteiger partial charge in [0.15, 0.2) is 22.2 Å². The lowest BCUT2D eigenvalue weighted by Crippen LogP contribution is -2.51. The Morgan fingerprint density at radius 2 is 1.77 bits per heavy atom. The van der Waals surface area contributed by atoms with Crippen molar-refractivity contribution in [1.82, 2.24) is 34.0 Å². The summed E-state index contributed by atoms with van der Waals surface area (Å²) in [6.07, 6.45) is -1.65. The van der Waals surface area contributed by atoms with Crippen LogP contribution < -0.4 is 15.8 Å². The molecule has 1 saturated heterocycles. The molecule has 0 saturated carbocycles. The number of fused-ring (bicyclic) bond motifs is 1. The van der Waals surface area contributed by atoms with Crippen molar-refractivity contribution >= 4 is 51.7 Å². The van der Waals surface area contributed by atoms with E-state index in [1.54, 1.807) is 43.0 Å². The number of halogens is 4. The van der Waals surface area contributed by atoms with Gasteiger partial charge in [-0.05, 0) is 67.0 Å². The third-order valence-electron chi connectivity index (χ3n) is 8.57. The van der Waals surface area contributed by atoms with Crippen molar-refractivity contribution in [1.29, 1.82) is 0 Å². The molecule has 1 fully saturated rings. The van der Waals surface area contributed by atoms with Crippen molar-refractivity contribution in [2.75, 3.05) is 42.7 Å². The molecule has 2 N–H and O–H groups in total. The van der Waals surface area contributed by atoms with Crippen LogP contribution in [0.15, 0.2) is 58.5 Å². The number of benzene rings is 2. The Morgan fingerprint density at radius 3 is 2.38 bits per heavy atom. The molecule has 0 radical (unpaired) electrons. The van der Waals surface area contributed by atoms with Crippen LogP contribution in [0.25, 0.3) is 17.2 Å². The van der Waals surface area contributed by atoms with E-state index in [4.69, 9.17) is 11.6 Å². The number of carbonyl (C=O) groups excluding carboxylic acids is 2. The Balaban J connectivity index is 1.37. The largest absolute Gasteiger partial charge is 0.612 e. The molecule has 0 spiro atoms. The van der Waals surface area contributed by atoms with Gasteiger partial charge in [0.05, 0.1) is 27.7 Å². The zero-order valence-electron chi connectivity index (χ0n) is 27.9. The molecule has 0 unspecified atom stereocenters. The minimum absolute atomic E-state index is 0.0285. The molecule has 3 aromatic heterocycles. The van der Waals surface area contributed by atoms with Crippen molar-refractivity contribution in [2.24, 2.45) is 0 Å². The quantitative estimate of drug-likeness (QED) is 0.221. The highest BCUT2D eigenvalue weighted by molar-refractivity contribution is 7.90. The first-order valence-electron chi connectivity index (χ1n) is 15.9. The predicted octanol–water partition coefficient (Wildman–Crippen LogP) is 3.94. The van der Waals surface area contributed by atoms with E-state index >= 15 is 0 Å². The molecule has 5 aromatic rings. The van der Waals surface area contributed by atoms with Gasteiger partial charge in [0.1, 0.15) is 24.8 Å². The highest BCUT2D eigenvalue weighted by atomic mass is 35.5. The van der Waals surface area contributed by atoms with Gasteiger partial charge in [0.2, 0.25) is 11.7 Å². The highest BCUT2D eigenvalue weighted by Crippen LogP contribution is 2.34. The molecule has 0 aliphatic carbocycles. The first kappa shape index (κ1) is 36.6. The van der Waals surface area contributed by atoms with Crippen molar-refractivity contribution in [3.8, 4) is 17.1 Å². The predicted molar refractivity (Wildman–Crippen MR) is 186 cm³/mol. The number of carbonyl (C=O) groups is 2. The number of hydrogen-bond donors (Lipinski definition) is 2. The van der Waals surface area contributed by atoms with E-state index in [2.05, 4.69) is 25.4 Å². The zero-order valence-corrected chi connectivity index (χ0v) is 29.5. The van der Waals surface area contributed by atoms with E-state index in [1.165, 1.54) is 22.1 Å². The summed E-state index contributed by atoms with van der Waals surface area (Å²) in [7, 11) is 0. The molecule has 6 rings (SSSR count). The highest BCUT2D eigenvalue weighted by Gasteiger charge is 2.32. The summed E-state index contributed by atoms with van der Waals surface area (Å²) in [6.45, 7) is 3.66. The molecule has 14 nitrogen and oxygen atoms in total. The third kappa shape index (κ3) is 7.13. The van der Waals surface area contributed by atoms with Gasteiger partial charge in [0.25, 0.3) is 11.5 Å². The Labute approximate surface area is 302 Å². The van der Waals surface area contributed by atoms with Gasteiger partial charge in [-0.15, -0.1) is 5.10 Å². The lowest BCUT2D eigenvalue weighted by molar-refractivity contribution is -0.137. The minimum Gasteiger partial charge on any atom is -0.612 e. The smallest absolute Gasteiger partial charge is 0.416 e. The number of nitrogens with one attached hydrogen (secondary N) is 1. The summed E-state index contributed by atoms with van der Waals surface area (Å²) in [5.41, 5.74) is -0.269. The second-order valence-electron chi connectivity index (χ2n) is 11.8. The number of aromatic hydroxyl groups is 1. The second-order valence-corrected chi connectivity index (χ2v) is 13.6. The van der Waals surface area contributed by atoms with Crippen LogP contribution >= 0.6 is 11.6 Å². The number of piperazine rings is 1. The van der Waals surface area contributed by atoms with Crippen LogP contribution in [0.5, 0.6) is 5.75 Å². The van der Waals surface area contributed by atoms with Crippen LogP contribution in [-0.2, 0) is 35.1 Å². The summed E-state index contributed by atoms with van der Waals surface area (Å²) in [5.74, 6) is -1.29. The van der Waals surface area contributed by atoms with E-state index in [-0.39, 0.29) is 77.7 Å². The molecule has 2 aromatic carbocycles. The van der Waals surface area contributed by atoms with Gasteiger partial charge in [-0.2, -0.15) is 22.7 Å². The molecule has 0 bridgehead atoms. The number of alkyl halides is 3. The van der Waals surface area contributed by atoms with E-state index in [9.17, 15) is 37.2 Å². The molecule has 2 amide bonds. The first-order chi connectivity index (χ1) is 24.7. The summed E-state index contributed by atoms with van der Waals surface area (Å²) < 4.78 is 54.2. The molecule has 4 heterocycles. The maximum Gasteiger partial charge on any atom is 0.416 e. The van der Waals surface area contributed by atoms with Crippen molar-refractivity contribution < 1.29 is 32.4 Å². The summed E-state index contributed by atoms with van der Waals surface area (Å²) >= 11 is 4.88. The lowest BCUT2D eigenvalue weighted by Gasteiger charge is -2.36. The second kappa shape index (κ2) is 14.4. The zero-order chi connectivity index (χ0) is 37.5. The number of aromatic nitrogens is 6. The summed E-state index contributed by atoms with van der Waals surface area (Å²) in [6, 6.07) is 9.20. The fraction of sp³-hybridized carbons (Fsp3) is 0.303. The van der Waals surface area contributed by atoms with Crippen molar-refractivity contribution in [3.63, 3.8) is 0 Å². The van der Waals surface area contributed by atoms with E-state index < -0.39 is 46.8 Å². The number of rotatable bonds is 8. The van der Waals surface area contributed by atoms with Crippen molar-refractivity contribution in [3.05, 3.63) is 86.8 Å². The van der Waals surface area contributed by atoms with Crippen LogP contribution in [0, 0.1) is 6.92 Å². The molecule has 1 aliphatic rings. The number of anilines is 2. The average Bonchev–Trinajstić information content (AvgIpc) is 3.57. The standard InChI is InChI=1S/C33H31ClF3N9O5S/c1-4-24-27(43-11-13-44(14-12-43)30(49)26-28(48)18(2)38-17-39-26)31(50)46-32(41-29(42-46)19-5-8-21(9-6-19)52(3)51)45(24)16-25(47)40-23-10-7-20(15-22(23)34)33(35,36)37/h5-10,15,17,48H,4,11-14,16H2,1-3H3,(H,40,47)/t52-/m1/s1. The van der Waals surface area contributed by atoms with Gasteiger partial charge >= 0.3 is 6.18 Å². The average molecular weight is 758 g/mol. The fourth-order valence-corrected chi connectivity index (χ4v) is 6.63. The minimum atomic E-state index is -4.63. The van der Waals surface area contributed by atoms with Crippen LogP contribution in [0.3, 0.4) is 0 Å². The first-order valence-corrected chi connectivity index (χ1v) is 17.8.